The van der Waals surface area contributed by atoms with E-state index in [0.29, 0.717) is 13.0 Å². The lowest BCUT2D eigenvalue weighted by molar-refractivity contribution is -0.193. The molecule has 2 unspecified atom stereocenters. The second-order valence-corrected chi connectivity index (χ2v) is 5.51. The second-order valence-electron chi connectivity index (χ2n) is 5.51. The van der Waals surface area contributed by atoms with Crippen molar-refractivity contribution in [2.24, 2.45) is 5.92 Å². The Morgan fingerprint density at radius 2 is 2.06 bits per heavy atom. The largest absolute Gasteiger partial charge is 0.481 e. The van der Waals surface area contributed by atoms with Gasteiger partial charge in [-0.05, 0) is 40.2 Å². The van der Waals surface area contributed by atoms with Gasteiger partial charge in [0, 0.05) is 18.0 Å². The molecular formula is C12H20F3NO2. The van der Waals surface area contributed by atoms with E-state index in [1.807, 2.05) is 0 Å². The average molecular weight is 267 g/mol. The Hall–Kier alpha value is -0.780. The Morgan fingerprint density at radius 3 is 2.44 bits per heavy atom. The summed E-state index contributed by atoms with van der Waals surface area (Å²) in [5, 5.41) is 8.62. The van der Waals surface area contributed by atoms with E-state index >= 15 is 0 Å². The van der Waals surface area contributed by atoms with E-state index < -0.39 is 23.6 Å². The fourth-order valence-corrected chi connectivity index (χ4v) is 2.95. The molecule has 1 rings (SSSR count). The highest BCUT2D eigenvalue weighted by molar-refractivity contribution is 5.66. The third-order valence-corrected chi connectivity index (χ3v) is 3.95. The first-order valence-corrected chi connectivity index (χ1v) is 6.12. The number of halogens is 3. The number of carboxylic acids is 1. The van der Waals surface area contributed by atoms with Gasteiger partial charge in [-0.1, -0.05) is 0 Å². The minimum atomic E-state index is -4.19. The van der Waals surface area contributed by atoms with Crippen LogP contribution >= 0.6 is 0 Å². The van der Waals surface area contributed by atoms with Crippen LogP contribution in [0.2, 0.25) is 0 Å². The molecule has 0 aromatic heterocycles. The van der Waals surface area contributed by atoms with Gasteiger partial charge >= 0.3 is 12.1 Å². The summed E-state index contributed by atoms with van der Waals surface area (Å²) in [6.45, 7) is 5.35. The van der Waals surface area contributed by atoms with Crippen molar-refractivity contribution in [1.82, 2.24) is 4.90 Å². The van der Waals surface area contributed by atoms with Gasteiger partial charge in [-0.25, -0.2) is 0 Å². The molecule has 1 saturated heterocycles. The first kappa shape index (κ1) is 15.3. The van der Waals surface area contributed by atoms with Crippen LogP contribution in [0.5, 0.6) is 0 Å². The molecule has 1 aliphatic rings. The van der Waals surface area contributed by atoms with Crippen LogP contribution in [-0.2, 0) is 4.79 Å². The molecular weight excluding hydrogens is 247 g/mol. The lowest BCUT2D eigenvalue weighted by Gasteiger charge is -2.40. The molecule has 0 aliphatic carbocycles. The van der Waals surface area contributed by atoms with Crippen molar-refractivity contribution in [1.29, 1.82) is 0 Å². The van der Waals surface area contributed by atoms with Crippen molar-refractivity contribution in [3.8, 4) is 0 Å². The Kier molecular flexibility index (Phi) is 4.30. The van der Waals surface area contributed by atoms with Gasteiger partial charge in [0.25, 0.3) is 0 Å². The lowest BCUT2D eigenvalue weighted by atomic mass is 9.87. The van der Waals surface area contributed by atoms with E-state index in [-0.39, 0.29) is 18.9 Å². The number of likely N-dealkylation sites (tertiary alicyclic amines) is 1. The van der Waals surface area contributed by atoms with Gasteiger partial charge in [0.1, 0.15) is 0 Å². The summed E-state index contributed by atoms with van der Waals surface area (Å²) in [6, 6.07) is -0.150. The van der Waals surface area contributed by atoms with Gasteiger partial charge in [0.2, 0.25) is 0 Å². The normalized spacial score (nSPS) is 26.2. The molecule has 3 nitrogen and oxygen atoms in total. The summed E-state index contributed by atoms with van der Waals surface area (Å²) in [4.78, 5) is 12.3. The van der Waals surface area contributed by atoms with E-state index in [1.54, 1.807) is 25.7 Å². The van der Waals surface area contributed by atoms with E-state index in [2.05, 4.69) is 0 Å². The molecule has 1 aliphatic heterocycles. The van der Waals surface area contributed by atoms with Crippen molar-refractivity contribution >= 4 is 5.97 Å². The molecule has 1 heterocycles. The van der Waals surface area contributed by atoms with Crippen LogP contribution in [0, 0.1) is 5.92 Å². The molecule has 1 N–H and O–H groups in total. The summed E-state index contributed by atoms with van der Waals surface area (Å²) in [6.07, 6.45) is -3.73. The first-order chi connectivity index (χ1) is 8.06. The Balaban J connectivity index is 2.72. The quantitative estimate of drug-likeness (QED) is 0.851. The minimum Gasteiger partial charge on any atom is -0.481 e. The van der Waals surface area contributed by atoms with E-state index in [9.17, 15) is 18.0 Å². The summed E-state index contributed by atoms with van der Waals surface area (Å²) in [5.41, 5.74) is -0.962. The lowest BCUT2D eigenvalue weighted by Crippen LogP contribution is -2.50. The molecule has 0 bridgehead atoms. The second kappa shape index (κ2) is 5.07. The Bertz CT molecular complexity index is 315. The maximum atomic E-state index is 12.9. The Labute approximate surface area is 105 Å². The number of carboxylic acid groups (broad SMARTS) is 1. The molecule has 106 valence electrons. The standard InChI is InChI=1S/C12H20F3NO2/c1-8(4-5-10(17)18)16-7-6-9(11(16,2)3)12(13,14)15/h8-9H,4-7H2,1-3H3,(H,17,18). The smallest absolute Gasteiger partial charge is 0.393 e. The molecule has 0 amide bonds. The maximum absolute atomic E-state index is 12.9. The zero-order valence-electron chi connectivity index (χ0n) is 10.9. The number of hydrogen-bond acceptors (Lipinski definition) is 2. The van der Waals surface area contributed by atoms with Gasteiger partial charge < -0.3 is 5.11 Å². The predicted octanol–water partition coefficient (Wildman–Crippen LogP) is 2.90. The van der Waals surface area contributed by atoms with Crippen molar-refractivity contribution in [2.75, 3.05) is 6.54 Å². The molecule has 0 spiro atoms. The van der Waals surface area contributed by atoms with Crippen LogP contribution < -0.4 is 0 Å². The first-order valence-electron chi connectivity index (χ1n) is 6.12. The van der Waals surface area contributed by atoms with Crippen molar-refractivity contribution in [3.05, 3.63) is 0 Å². The fraction of sp³-hybridized carbons (Fsp3) is 0.917. The van der Waals surface area contributed by atoms with Gasteiger partial charge in [0.05, 0.1) is 5.92 Å². The number of carbonyl (C=O) groups is 1. The molecule has 6 heteroatoms. The predicted molar refractivity (Wildman–Crippen MR) is 61.3 cm³/mol. The molecule has 18 heavy (non-hydrogen) atoms. The van der Waals surface area contributed by atoms with Gasteiger partial charge in [0.15, 0.2) is 0 Å². The van der Waals surface area contributed by atoms with Crippen molar-refractivity contribution in [3.63, 3.8) is 0 Å². The number of nitrogens with zero attached hydrogens (tertiary/aromatic N) is 1. The summed E-state index contributed by atoms with van der Waals surface area (Å²) in [7, 11) is 0. The van der Waals surface area contributed by atoms with Crippen LogP contribution in [-0.4, -0.2) is 40.3 Å². The van der Waals surface area contributed by atoms with Crippen LogP contribution in [0.25, 0.3) is 0 Å². The van der Waals surface area contributed by atoms with Crippen molar-refractivity contribution < 1.29 is 23.1 Å². The molecule has 0 saturated carbocycles. The molecule has 0 aromatic rings. The van der Waals surface area contributed by atoms with E-state index in [4.69, 9.17) is 5.11 Å². The zero-order valence-corrected chi connectivity index (χ0v) is 10.9. The monoisotopic (exact) mass is 267 g/mol. The number of hydrogen-bond donors (Lipinski definition) is 1. The minimum absolute atomic E-state index is 0.00949. The highest BCUT2D eigenvalue weighted by atomic mass is 19.4. The highest BCUT2D eigenvalue weighted by Crippen LogP contribution is 2.45. The third-order valence-electron chi connectivity index (χ3n) is 3.95. The molecule has 0 radical (unpaired) electrons. The summed E-state index contributed by atoms with van der Waals surface area (Å²) >= 11 is 0. The van der Waals surface area contributed by atoms with Crippen molar-refractivity contribution in [2.45, 2.75) is 57.8 Å². The molecule has 2 atom stereocenters. The van der Waals surface area contributed by atoms with Gasteiger partial charge in [-0.2, -0.15) is 13.2 Å². The summed E-state index contributed by atoms with van der Waals surface area (Å²) < 4.78 is 38.7. The topological polar surface area (TPSA) is 40.5 Å². The number of aliphatic carboxylic acids is 1. The maximum Gasteiger partial charge on any atom is 0.393 e. The van der Waals surface area contributed by atoms with E-state index in [0.717, 1.165) is 0 Å². The SMILES string of the molecule is CC(CCC(=O)O)N1CCC(C(F)(F)F)C1(C)C. The molecule has 1 fully saturated rings. The Morgan fingerprint density at radius 1 is 1.50 bits per heavy atom. The van der Waals surface area contributed by atoms with E-state index in [1.165, 1.54) is 0 Å². The molecule has 0 aromatic carbocycles. The average Bonchev–Trinajstić information content (AvgIpc) is 2.49. The fourth-order valence-electron chi connectivity index (χ4n) is 2.95. The number of alkyl halides is 3. The summed E-state index contributed by atoms with van der Waals surface area (Å²) in [5.74, 6) is -2.25. The third kappa shape index (κ3) is 3.16. The van der Waals surface area contributed by atoms with Crippen LogP contribution in [0.4, 0.5) is 13.2 Å². The number of rotatable bonds is 4. The van der Waals surface area contributed by atoms with Crippen LogP contribution in [0.15, 0.2) is 0 Å². The zero-order chi connectivity index (χ0) is 14.1. The highest BCUT2D eigenvalue weighted by Gasteiger charge is 2.55. The van der Waals surface area contributed by atoms with Crippen LogP contribution in [0.3, 0.4) is 0 Å². The van der Waals surface area contributed by atoms with Crippen LogP contribution in [0.1, 0.15) is 40.0 Å². The van der Waals surface area contributed by atoms with Gasteiger partial charge in [-0.15, -0.1) is 0 Å². The van der Waals surface area contributed by atoms with Gasteiger partial charge in [-0.3, -0.25) is 9.69 Å².